The summed E-state index contributed by atoms with van der Waals surface area (Å²) < 4.78 is 0. The molecule has 1 aromatic carbocycles. The van der Waals surface area contributed by atoms with Crippen LogP contribution in [0.1, 0.15) is 11.3 Å². The van der Waals surface area contributed by atoms with Gasteiger partial charge in [-0.3, -0.25) is 20.2 Å². The van der Waals surface area contributed by atoms with E-state index in [0.29, 0.717) is 17.4 Å². The number of hydrogen-bond acceptors (Lipinski definition) is 5. The number of aryl methyl sites for hydroxylation is 1. The second-order valence-corrected chi connectivity index (χ2v) is 4.66. The lowest BCUT2D eigenvalue weighted by molar-refractivity contribution is -0.383. The van der Waals surface area contributed by atoms with Gasteiger partial charge >= 0.3 is 0 Å². The molecule has 7 heteroatoms. The van der Waals surface area contributed by atoms with E-state index in [1.165, 1.54) is 6.07 Å². The lowest BCUT2D eigenvalue weighted by atomic mass is 10.1. The number of benzene rings is 1. The zero-order chi connectivity index (χ0) is 14.8. The lowest BCUT2D eigenvalue weighted by Crippen LogP contribution is -2.02. The summed E-state index contributed by atoms with van der Waals surface area (Å²) in [6.07, 6.45) is 3.38. The van der Waals surface area contributed by atoms with Gasteiger partial charge < -0.3 is 5.32 Å². The molecule has 0 unspecified atom stereocenters. The van der Waals surface area contributed by atoms with Gasteiger partial charge in [0.25, 0.3) is 5.69 Å². The van der Waals surface area contributed by atoms with Gasteiger partial charge in [-0.1, -0.05) is 0 Å². The Morgan fingerprint density at radius 2 is 2.24 bits per heavy atom. The number of nitrogens with zero attached hydrogens (tertiary/aromatic N) is 3. The van der Waals surface area contributed by atoms with Crippen molar-refractivity contribution in [2.45, 2.75) is 13.5 Å². The summed E-state index contributed by atoms with van der Waals surface area (Å²) >= 11 is 0. The van der Waals surface area contributed by atoms with Crippen LogP contribution in [0.15, 0.2) is 36.7 Å². The second-order valence-electron chi connectivity index (χ2n) is 4.66. The molecule has 2 N–H and O–H groups in total. The predicted octanol–water partition coefficient (Wildman–Crippen LogP) is 2.79. The minimum atomic E-state index is -0.395. The first-order chi connectivity index (χ1) is 10.2. The van der Waals surface area contributed by atoms with Crippen molar-refractivity contribution < 1.29 is 4.92 Å². The Balaban J connectivity index is 1.98. The van der Waals surface area contributed by atoms with Crippen molar-refractivity contribution in [2.24, 2.45) is 0 Å². The van der Waals surface area contributed by atoms with Gasteiger partial charge in [0.1, 0.15) is 5.52 Å². The van der Waals surface area contributed by atoms with Crippen LogP contribution in [0.3, 0.4) is 0 Å². The molecular formula is C14H13N5O2. The SMILES string of the molecule is Cc1[nH]ncc1CNc1ccc([N+](=O)[O-])c2cccnc12. The molecular weight excluding hydrogens is 270 g/mol. The summed E-state index contributed by atoms with van der Waals surface area (Å²) in [5.41, 5.74) is 3.44. The molecule has 21 heavy (non-hydrogen) atoms. The molecule has 0 aliphatic heterocycles. The van der Waals surface area contributed by atoms with Crippen molar-refractivity contribution >= 4 is 22.3 Å². The van der Waals surface area contributed by atoms with E-state index in [0.717, 1.165) is 16.9 Å². The summed E-state index contributed by atoms with van der Waals surface area (Å²) in [6.45, 7) is 2.52. The lowest BCUT2D eigenvalue weighted by Gasteiger charge is -2.09. The number of nitrogens with one attached hydrogen (secondary N) is 2. The average Bonchev–Trinajstić information content (AvgIpc) is 2.89. The summed E-state index contributed by atoms with van der Waals surface area (Å²) in [5.74, 6) is 0. The molecule has 7 nitrogen and oxygen atoms in total. The van der Waals surface area contributed by atoms with Crippen LogP contribution < -0.4 is 5.32 Å². The van der Waals surface area contributed by atoms with E-state index in [9.17, 15) is 10.1 Å². The molecule has 0 bridgehead atoms. The highest BCUT2D eigenvalue weighted by molar-refractivity contribution is 5.96. The van der Waals surface area contributed by atoms with Crippen molar-refractivity contribution in [3.63, 3.8) is 0 Å². The zero-order valence-electron chi connectivity index (χ0n) is 11.3. The topological polar surface area (TPSA) is 96.7 Å². The third-order valence-electron chi connectivity index (χ3n) is 3.35. The molecule has 0 aliphatic carbocycles. The third-order valence-corrected chi connectivity index (χ3v) is 3.35. The van der Waals surface area contributed by atoms with E-state index in [1.807, 2.05) is 6.92 Å². The van der Waals surface area contributed by atoms with Crippen LogP contribution in [-0.2, 0) is 6.54 Å². The predicted molar refractivity (Wildman–Crippen MR) is 79.0 cm³/mol. The fourth-order valence-corrected chi connectivity index (χ4v) is 2.20. The highest BCUT2D eigenvalue weighted by Crippen LogP contribution is 2.29. The van der Waals surface area contributed by atoms with Crippen LogP contribution in [0.4, 0.5) is 11.4 Å². The quantitative estimate of drug-likeness (QED) is 0.567. The molecule has 0 fully saturated rings. The van der Waals surface area contributed by atoms with E-state index in [-0.39, 0.29) is 5.69 Å². The normalized spacial score (nSPS) is 10.7. The van der Waals surface area contributed by atoms with Crippen LogP contribution in [0.2, 0.25) is 0 Å². The number of anilines is 1. The van der Waals surface area contributed by atoms with Crippen molar-refractivity contribution in [3.8, 4) is 0 Å². The molecule has 106 valence electrons. The van der Waals surface area contributed by atoms with Gasteiger partial charge in [-0.25, -0.2) is 0 Å². The maximum atomic E-state index is 11.1. The Bertz CT molecular complexity index is 812. The molecule has 2 heterocycles. The summed E-state index contributed by atoms with van der Waals surface area (Å²) in [4.78, 5) is 14.9. The molecule has 0 radical (unpaired) electrons. The number of aromatic nitrogens is 3. The third kappa shape index (κ3) is 2.40. The average molecular weight is 283 g/mol. The minimum absolute atomic E-state index is 0.0585. The number of aromatic amines is 1. The largest absolute Gasteiger partial charge is 0.379 e. The molecule has 0 saturated heterocycles. The first kappa shape index (κ1) is 13.0. The Hall–Kier alpha value is -2.96. The van der Waals surface area contributed by atoms with Crippen LogP contribution in [-0.4, -0.2) is 20.1 Å². The van der Waals surface area contributed by atoms with Gasteiger partial charge in [0, 0.05) is 30.1 Å². The van der Waals surface area contributed by atoms with Gasteiger partial charge in [0.15, 0.2) is 0 Å². The second kappa shape index (κ2) is 5.20. The maximum Gasteiger partial charge on any atom is 0.278 e. The standard InChI is InChI=1S/C14H13N5O2/c1-9-10(8-17-18-9)7-16-12-4-5-13(19(20)21)11-3-2-6-15-14(11)12/h2-6,8,16H,7H2,1H3,(H,17,18). The number of hydrogen-bond donors (Lipinski definition) is 2. The number of nitro groups is 1. The zero-order valence-corrected chi connectivity index (χ0v) is 11.3. The van der Waals surface area contributed by atoms with Crippen molar-refractivity contribution in [3.05, 3.63) is 58.0 Å². The minimum Gasteiger partial charge on any atom is -0.379 e. The Labute approximate surface area is 120 Å². The highest BCUT2D eigenvalue weighted by Gasteiger charge is 2.14. The Morgan fingerprint density at radius 3 is 2.95 bits per heavy atom. The maximum absolute atomic E-state index is 11.1. The van der Waals surface area contributed by atoms with Crippen molar-refractivity contribution in [2.75, 3.05) is 5.32 Å². The van der Waals surface area contributed by atoms with Crippen LogP contribution in [0.5, 0.6) is 0 Å². The summed E-state index contributed by atoms with van der Waals surface area (Å²) in [5, 5.41) is 21.7. The number of rotatable bonds is 4. The first-order valence-electron chi connectivity index (χ1n) is 6.41. The Morgan fingerprint density at radius 1 is 1.38 bits per heavy atom. The number of nitro benzene ring substituents is 1. The van der Waals surface area contributed by atoms with Gasteiger partial charge in [0.05, 0.1) is 22.2 Å². The monoisotopic (exact) mass is 283 g/mol. The van der Waals surface area contributed by atoms with E-state index >= 15 is 0 Å². The molecule has 0 saturated carbocycles. The molecule has 2 aromatic heterocycles. The van der Waals surface area contributed by atoms with Gasteiger partial charge in [-0.05, 0) is 25.1 Å². The number of pyridine rings is 1. The van der Waals surface area contributed by atoms with E-state index in [4.69, 9.17) is 0 Å². The number of H-pyrrole nitrogens is 1. The Kier molecular flexibility index (Phi) is 3.23. The molecule has 0 spiro atoms. The highest BCUT2D eigenvalue weighted by atomic mass is 16.6. The van der Waals surface area contributed by atoms with Crippen molar-refractivity contribution in [1.82, 2.24) is 15.2 Å². The smallest absolute Gasteiger partial charge is 0.278 e. The van der Waals surface area contributed by atoms with E-state index < -0.39 is 4.92 Å². The van der Waals surface area contributed by atoms with Crippen LogP contribution in [0, 0.1) is 17.0 Å². The van der Waals surface area contributed by atoms with Crippen LogP contribution in [0.25, 0.3) is 10.9 Å². The number of non-ortho nitro benzene ring substituents is 1. The van der Waals surface area contributed by atoms with Gasteiger partial charge in [0.2, 0.25) is 0 Å². The summed E-state index contributed by atoms with van der Waals surface area (Å²) in [7, 11) is 0. The van der Waals surface area contributed by atoms with Crippen LogP contribution >= 0.6 is 0 Å². The fourth-order valence-electron chi connectivity index (χ4n) is 2.20. The molecule has 3 rings (SSSR count). The fraction of sp³-hybridized carbons (Fsp3) is 0.143. The molecule has 3 aromatic rings. The van der Waals surface area contributed by atoms with E-state index in [2.05, 4.69) is 20.5 Å². The summed E-state index contributed by atoms with van der Waals surface area (Å²) in [6, 6.07) is 6.57. The molecule has 0 amide bonds. The molecule has 0 atom stereocenters. The first-order valence-corrected chi connectivity index (χ1v) is 6.41. The molecule has 0 aliphatic rings. The van der Waals surface area contributed by atoms with E-state index in [1.54, 1.807) is 30.6 Å². The number of fused-ring (bicyclic) bond motifs is 1. The van der Waals surface area contributed by atoms with Gasteiger partial charge in [-0.2, -0.15) is 5.10 Å². The van der Waals surface area contributed by atoms with Crippen molar-refractivity contribution in [1.29, 1.82) is 0 Å². The van der Waals surface area contributed by atoms with Gasteiger partial charge in [-0.15, -0.1) is 0 Å².